The molecule has 0 bridgehead atoms. The maximum atomic E-state index is 6.06. The summed E-state index contributed by atoms with van der Waals surface area (Å²) in [5.74, 6) is 0. The number of hydrogen-bond donors (Lipinski definition) is 1. The maximum absolute atomic E-state index is 6.06. The molecule has 0 aromatic heterocycles. The lowest BCUT2D eigenvalue weighted by atomic mass is 9.86. The van der Waals surface area contributed by atoms with Gasteiger partial charge in [0.25, 0.3) is 0 Å². The first-order chi connectivity index (χ1) is 8.27. The van der Waals surface area contributed by atoms with Crippen LogP contribution in [0.15, 0.2) is 24.3 Å². The molecule has 1 aromatic carbocycles. The van der Waals surface area contributed by atoms with E-state index in [-0.39, 0.29) is 11.5 Å². The average Bonchev–Trinajstić information content (AvgIpc) is 2.27. The van der Waals surface area contributed by atoms with E-state index in [2.05, 4.69) is 45.7 Å². The van der Waals surface area contributed by atoms with E-state index >= 15 is 0 Å². The number of nitrogens with two attached hydrogens (primary N) is 1. The van der Waals surface area contributed by atoms with E-state index in [4.69, 9.17) is 17.3 Å². The Labute approximate surface area is 116 Å². The van der Waals surface area contributed by atoms with Crippen molar-refractivity contribution in [2.75, 3.05) is 13.6 Å². The highest BCUT2D eigenvalue weighted by molar-refractivity contribution is 6.30. The molecule has 2 nitrogen and oxygen atoms in total. The van der Waals surface area contributed by atoms with Crippen LogP contribution in [0.5, 0.6) is 0 Å². The molecule has 0 heterocycles. The molecule has 0 aliphatic carbocycles. The highest BCUT2D eigenvalue weighted by Gasteiger charge is 2.28. The van der Waals surface area contributed by atoms with E-state index in [9.17, 15) is 0 Å². The predicted octanol–water partition coefficient (Wildman–Crippen LogP) is 3.71. The van der Waals surface area contributed by atoms with Crippen molar-refractivity contribution in [2.24, 2.45) is 11.1 Å². The summed E-state index contributed by atoms with van der Waals surface area (Å²) in [5, 5.41) is 0.766. The van der Waals surface area contributed by atoms with Gasteiger partial charge in [0, 0.05) is 23.7 Å². The summed E-state index contributed by atoms with van der Waals surface area (Å²) in [4.78, 5) is 2.34. The molecule has 1 rings (SSSR count). The van der Waals surface area contributed by atoms with Gasteiger partial charge >= 0.3 is 0 Å². The van der Waals surface area contributed by atoms with Crippen LogP contribution in [0.1, 0.15) is 39.3 Å². The van der Waals surface area contributed by atoms with Gasteiger partial charge in [-0.2, -0.15) is 0 Å². The molecule has 0 saturated heterocycles. The van der Waals surface area contributed by atoms with Crippen molar-refractivity contribution in [3.05, 3.63) is 34.9 Å². The van der Waals surface area contributed by atoms with Crippen molar-refractivity contribution >= 4 is 11.6 Å². The van der Waals surface area contributed by atoms with Gasteiger partial charge < -0.3 is 5.73 Å². The van der Waals surface area contributed by atoms with Gasteiger partial charge in [0.1, 0.15) is 0 Å². The minimum atomic E-state index is 0.206. The van der Waals surface area contributed by atoms with Gasteiger partial charge in [-0.1, -0.05) is 44.5 Å². The number of hydrogen-bond acceptors (Lipinski definition) is 2. The summed E-state index contributed by atoms with van der Waals surface area (Å²) in [7, 11) is 2.13. The van der Waals surface area contributed by atoms with Gasteiger partial charge in [0.2, 0.25) is 0 Å². The Kier molecular flexibility index (Phi) is 5.20. The molecule has 3 heteroatoms. The number of halogens is 1. The van der Waals surface area contributed by atoms with Crippen LogP contribution in [0.2, 0.25) is 5.02 Å². The number of rotatable bonds is 4. The third-order valence-corrected chi connectivity index (χ3v) is 4.05. The fraction of sp³-hybridized carbons (Fsp3) is 0.600. The van der Waals surface area contributed by atoms with Crippen LogP contribution >= 0.6 is 11.6 Å². The topological polar surface area (TPSA) is 29.3 Å². The van der Waals surface area contributed by atoms with Crippen molar-refractivity contribution in [2.45, 2.75) is 39.8 Å². The van der Waals surface area contributed by atoms with E-state index in [1.807, 2.05) is 18.2 Å². The van der Waals surface area contributed by atoms with Gasteiger partial charge in [0.05, 0.1) is 0 Å². The minimum absolute atomic E-state index is 0.206. The standard InChI is InChI=1S/C15H25ClN2/c1-11(15(2,3)4)18(5)14(10-17)12-7-6-8-13(16)9-12/h6-9,11,14H,10,17H2,1-5H3. The molecular weight excluding hydrogens is 244 g/mol. The zero-order chi connectivity index (χ0) is 13.9. The monoisotopic (exact) mass is 268 g/mol. The molecule has 0 fully saturated rings. The third kappa shape index (κ3) is 3.71. The molecule has 0 spiro atoms. The second-order valence-electron chi connectivity index (χ2n) is 6.01. The minimum Gasteiger partial charge on any atom is -0.329 e. The Morgan fingerprint density at radius 2 is 1.94 bits per heavy atom. The van der Waals surface area contributed by atoms with E-state index in [0.717, 1.165) is 5.02 Å². The van der Waals surface area contributed by atoms with Crippen LogP contribution < -0.4 is 5.73 Å². The van der Waals surface area contributed by atoms with Crippen LogP contribution in [0.4, 0.5) is 0 Å². The molecule has 2 atom stereocenters. The molecule has 0 saturated carbocycles. The molecule has 18 heavy (non-hydrogen) atoms. The van der Waals surface area contributed by atoms with Crippen LogP contribution in [0.3, 0.4) is 0 Å². The summed E-state index contributed by atoms with van der Waals surface area (Å²) in [5.41, 5.74) is 7.36. The fourth-order valence-corrected chi connectivity index (χ4v) is 2.33. The Balaban J connectivity index is 2.97. The van der Waals surface area contributed by atoms with Gasteiger partial charge in [-0.25, -0.2) is 0 Å². The zero-order valence-electron chi connectivity index (χ0n) is 12.1. The van der Waals surface area contributed by atoms with Crippen molar-refractivity contribution in [1.29, 1.82) is 0 Å². The summed E-state index contributed by atoms with van der Waals surface area (Å²) in [6.07, 6.45) is 0. The van der Waals surface area contributed by atoms with Crippen molar-refractivity contribution < 1.29 is 0 Å². The number of nitrogens with zero attached hydrogens (tertiary/aromatic N) is 1. The highest BCUT2D eigenvalue weighted by atomic mass is 35.5. The molecule has 0 radical (unpaired) electrons. The summed E-state index contributed by atoms with van der Waals surface area (Å²) >= 11 is 6.06. The van der Waals surface area contributed by atoms with Crippen LogP contribution in [-0.4, -0.2) is 24.5 Å². The zero-order valence-corrected chi connectivity index (χ0v) is 12.8. The predicted molar refractivity (Wildman–Crippen MR) is 79.9 cm³/mol. The second kappa shape index (κ2) is 6.05. The normalized spacial score (nSPS) is 15.8. The van der Waals surface area contributed by atoms with Crippen molar-refractivity contribution in [3.8, 4) is 0 Å². The first-order valence-corrected chi connectivity index (χ1v) is 6.82. The lowest BCUT2D eigenvalue weighted by Gasteiger charge is -2.40. The first kappa shape index (κ1) is 15.5. The van der Waals surface area contributed by atoms with Crippen molar-refractivity contribution in [1.82, 2.24) is 4.90 Å². The highest BCUT2D eigenvalue weighted by Crippen LogP contribution is 2.30. The Morgan fingerprint density at radius 1 is 1.33 bits per heavy atom. The van der Waals surface area contributed by atoms with Crippen LogP contribution in [0.25, 0.3) is 0 Å². The molecule has 0 amide bonds. The molecule has 0 aliphatic rings. The second-order valence-corrected chi connectivity index (χ2v) is 6.45. The number of likely N-dealkylation sites (N-methyl/N-ethyl adjacent to an activating group) is 1. The van der Waals surface area contributed by atoms with E-state index in [1.165, 1.54) is 5.56 Å². The first-order valence-electron chi connectivity index (χ1n) is 6.45. The lowest BCUT2D eigenvalue weighted by Crippen LogP contribution is -2.43. The van der Waals surface area contributed by atoms with E-state index in [1.54, 1.807) is 0 Å². The molecular formula is C15H25ClN2. The van der Waals surface area contributed by atoms with Crippen LogP contribution in [0, 0.1) is 5.41 Å². The van der Waals surface area contributed by atoms with Crippen molar-refractivity contribution in [3.63, 3.8) is 0 Å². The lowest BCUT2D eigenvalue weighted by molar-refractivity contribution is 0.100. The smallest absolute Gasteiger partial charge is 0.0470 e. The molecule has 2 unspecified atom stereocenters. The van der Waals surface area contributed by atoms with E-state index < -0.39 is 0 Å². The Bertz CT molecular complexity index is 384. The summed E-state index contributed by atoms with van der Waals surface area (Å²) in [6, 6.07) is 8.62. The Morgan fingerprint density at radius 3 is 2.39 bits per heavy atom. The van der Waals surface area contributed by atoms with Gasteiger partial charge in [-0.3, -0.25) is 4.90 Å². The third-order valence-electron chi connectivity index (χ3n) is 3.81. The largest absolute Gasteiger partial charge is 0.329 e. The van der Waals surface area contributed by atoms with E-state index in [0.29, 0.717) is 12.6 Å². The molecule has 1 aromatic rings. The SMILES string of the molecule is CC(N(C)C(CN)c1cccc(Cl)c1)C(C)(C)C. The quantitative estimate of drug-likeness (QED) is 0.902. The maximum Gasteiger partial charge on any atom is 0.0470 e. The fourth-order valence-electron chi connectivity index (χ4n) is 2.13. The Hall–Kier alpha value is -0.570. The van der Waals surface area contributed by atoms with Gasteiger partial charge in [-0.15, -0.1) is 0 Å². The van der Waals surface area contributed by atoms with Gasteiger partial charge in [-0.05, 0) is 37.1 Å². The molecule has 2 N–H and O–H groups in total. The number of benzene rings is 1. The average molecular weight is 269 g/mol. The summed E-state index contributed by atoms with van der Waals surface area (Å²) < 4.78 is 0. The summed E-state index contributed by atoms with van der Waals surface area (Å²) in [6.45, 7) is 9.59. The van der Waals surface area contributed by atoms with Gasteiger partial charge in [0.15, 0.2) is 0 Å². The molecule has 0 aliphatic heterocycles. The van der Waals surface area contributed by atoms with Crippen LogP contribution in [-0.2, 0) is 0 Å². The molecule has 102 valence electrons.